The highest BCUT2D eigenvalue weighted by Gasteiger charge is 1.95. The van der Waals surface area contributed by atoms with Gasteiger partial charge in [-0.25, -0.2) is 4.98 Å². The summed E-state index contributed by atoms with van der Waals surface area (Å²) in [5.74, 6) is -0.00931. The number of aryl methyl sites for hydroxylation is 1. The lowest BCUT2D eigenvalue weighted by Crippen LogP contribution is -2.05. The number of nitrogens with zero attached hydrogens (tertiary/aromatic N) is 1. The van der Waals surface area contributed by atoms with Crippen LogP contribution in [0.3, 0.4) is 0 Å². The molecule has 1 rings (SSSR count). The summed E-state index contributed by atoms with van der Waals surface area (Å²) < 4.78 is 0. The van der Waals surface area contributed by atoms with Crippen LogP contribution in [0.4, 0.5) is 5.82 Å². The number of hydrogen-bond acceptors (Lipinski definition) is 3. The van der Waals surface area contributed by atoms with Crippen LogP contribution in [0, 0.1) is 6.92 Å². The maximum Gasteiger partial charge on any atom is 0.241 e. The predicted octanol–water partition coefficient (Wildman–Crippen LogP) is 0.471. The maximum absolute atomic E-state index is 10.4. The Morgan fingerprint density at radius 3 is 2.85 bits per heavy atom. The van der Waals surface area contributed by atoms with Gasteiger partial charge in [0.15, 0.2) is 0 Å². The SMILES string of the molecule is Cc1cc(N)ncc1C=CC(N)=O. The Balaban J connectivity index is 2.96. The van der Waals surface area contributed by atoms with Crippen LogP contribution in [-0.4, -0.2) is 10.9 Å². The molecule has 13 heavy (non-hydrogen) atoms. The molecule has 0 spiro atoms. The molecule has 4 nitrogen and oxygen atoms in total. The molecule has 0 bridgehead atoms. The second-order valence-electron chi connectivity index (χ2n) is 2.70. The first-order chi connectivity index (χ1) is 6.09. The average molecular weight is 177 g/mol. The number of aromatic nitrogens is 1. The van der Waals surface area contributed by atoms with Crippen LogP contribution < -0.4 is 11.5 Å². The number of primary amides is 1. The van der Waals surface area contributed by atoms with Gasteiger partial charge in [-0.1, -0.05) is 0 Å². The highest BCUT2D eigenvalue weighted by atomic mass is 16.1. The lowest BCUT2D eigenvalue weighted by molar-refractivity contribution is -0.113. The van der Waals surface area contributed by atoms with Crippen LogP contribution in [0.5, 0.6) is 0 Å². The fraction of sp³-hybridized carbons (Fsp3) is 0.111. The lowest BCUT2D eigenvalue weighted by Gasteiger charge is -1.99. The van der Waals surface area contributed by atoms with Gasteiger partial charge >= 0.3 is 0 Å². The molecule has 0 fully saturated rings. The number of carbonyl (C=O) groups excluding carboxylic acids is 1. The van der Waals surface area contributed by atoms with Crippen molar-refractivity contribution in [2.45, 2.75) is 6.92 Å². The molecule has 1 aromatic heterocycles. The number of nitrogen functional groups attached to an aromatic ring is 1. The third-order valence-corrected chi connectivity index (χ3v) is 1.60. The zero-order valence-corrected chi connectivity index (χ0v) is 7.32. The molecule has 0 radical (unpaired) electrons. The van der Waals surface area contributed by atoms with Gasteiger partial charge in [-0.15, -0.1) is 0 Å². The minimum absolute atomic E-state index is 0.466. The van der Waals surface area contributed by atoms with E-state index in [0.29, 0.717) is 5.82 Å². The molecule has 0 aliphatic carbocycles. The van der Waals surface area contributed by atoms with Gasteiger partial charge in [0.25, 0.3) is 0 Å². The number of hydrogen-bond donors (Lipinski definition) is 2. The molecule has 68 valence electrons. The van der Waals surface area contributed by atoms with Gasteiger partial charge < -0.3 is 11.5 Å². The van der Waals surface area contributed by atoms with E-state index in [9.17, 15) is 4.79 Å². The Morgan fingerprint density at radius 1 is 1.62 bits per heavy atom. The molecule has 0 aliphatic rings. The standard InChI is InChI=1S/C9H11N3O/c1-6-4-8(10)12-5-7(6)2-3-9(11)13/h2-5H,1H3,(H2,10,12)(H2,11,13). The van der Waals surface area contributed by atoms with Crippen molar-refractivity contribution in [2.24, 2.45) is 5.73 Å². The van der Waals surface area contributed by atoms with Crippen LogP contribution in [-0.2, 0) is 4.79 Å². The molecule has 0 saturated carbocycles. The summed E-state index contributed by atoms with van der Waals surface area (Å²) in [6.07, 6.45) is 4.51. The average Bonchev–Trinajstić information content (AvgIpc) is 2.02. The van der Waals surface area contributed by atoms with E-state index in [4.69, 9.17) is 11.5 Å². The molecule has 4 N–H and O–H groups in total. The Labute approximate surface area is 76.3 Å². The monoisotopic (exact) mass is 177 g/mol. The Bertz CT molecular complexity index is 358. The summed E-state index contributed by atoms with van der Waals surface area (Å²) in [7, 11) is 0. The molecule has 1 amide bonds. The van der Waals surface area contributed by atoms with Gasteiger partial charge in [-0.05, 0) is 30.2 Å². The molecule has 0 aliphatic heterocycles. The van der Waals surface area contributed by atoms with Crippen molar-refractivity contribution in [3.63, 3.8) is 0 Å². The summed E-state index contributed by atoms with van der Waals surface area (Å²) in [4.78, 5) is 14.3. The van der Waals surface area contributed by atoms with Gasteiger partial charge in [0.2, 0.25) is 5.91 Å². The quantitative estimate of drug-likeness (QED) is 0.644. The van der Waals surface area contributed by atoms with Crippen LogP contribution in [0.2, 0.25) is 0 Å². The minimum atomic E-state index is -0.476. The van der Waals surface area contributed by atoms with Gasteiger partial charge in [0.05, 0.1) is 0 Å². The van der Waals surface area contributed by atoms with E-state index < -0.39 is 5.91 Å². The zero-order chi connectivity index (χ0) is 9.84. The summed E-state index contributed by atoms with van der Waals surface area (Å²) in [6, 6.07) is 1.74. The molecule has 0 aromatic carbocycles. The molecule has 0 unspecified atom stereocenters. The van der Waals surface area contributed by atoms with Crippen LogP contribution in [0.25, 0.3) is 6.08 Å². The van der Waals surface area contributed by atoms with Crippen molar-refractivity contribution in [3.8, 4) is 0 Å². The number of pyridine rings is 1. The van der Waals surface area contributed by atoms with E-state index in [0.717, 1.165) is 11.1 Å². The van der Waals surface area contributed by atoms with Crippen molar-refractivity contribution in [1.82, 2.24) is 4.98 Å². The van der Waals surface area contributed by atoms with E-state index in [2.05, 4.69) is 4.98 Å². The second kappa shape index (κ2) is 3.71. The molecule has 1 heterocycles. The summed E-state index contributed by atoms with van der Waals surface area (Å²) >= 11 is 0. The fourth-order valence-electron chi connectivity index (χ4n) is 0.935. The number of carbonyl (C=O) groups is 1. The highest BCUT2D eigenvalue weighted by molar-refractivity contribution is 5.90. The van der Waals surface area contributed by atoms with E-state index in [1.807, 2.05) is 6.92 Å². The zero-order valence-electron chi connectivity index (χ0n) is 7.32. The largest absolute Gasteiger partial charge is 0.384 e. The third-order valence-electron chi connectivity index (χ3n) is 1.60. The number of rotatable bonds is 2. The van der Waals surface area contributed by atoms with Crippen LogP contribution in [0.15, 0.2) is 18.3 Å². The molecule has 0 atom stereocenters. The summed E-state index contributed by atoms with van der Waals surface area (Å²) in [5.41, 5.74) is 12.2. The first-order valence-corrected chi connectivity index (χ1v) is 3.79. The van der Waals surface area contributed by atoms with E-state index >= 15 is 0 Å². The normalized spacial score (nSPS) is 10.5. The molecule has 1 aromatic rings. The van der Waals surface area contributed by atoms with Gasteiger partial charge in [-0.3, -0.25) is 4.79 Å². The minimum Gasteiger partial charge on any atom is -0.384 e. The Hall–Kier alpha value is -1.84. The topological polar surface area (TPSA) is 82.0 Å². The first-order valence-electron chi connectivity index (χ1n) is 3.79. The molecular formula is C9H11N3O. The summed E-state index contributed by atoms with van der Waals surface area (Å²) in [6.45, 7) is 1.89. The summed E-state index contributed by atoms with van der Waals surface area (Å²) in [5, 5.41) is 0. The van der Waals surface area contributed by atoms with Crippen molar-refractivity contribution in [1.29, 1.82) is 0 Å². The maximum atomic E-state index is 10.4. The van der Waals surface area contributed by atoms with Crippen molar-refractivity contribution < 1.29 is 4.79 Å². The van der Waals surface area contributed by atoms with E-state index in [1.165, 1.54) is 6.08 Å². The smallest absolute Gasteiger partial charge is 0.241 e. The Morgan fingerprint density at radius 2 is 2.31 bits per heavy atom. The van der Waals surface area contributed by atoms with Crippen molar-refractivity contribution in [3.05, 3.63) is 29.5 Å². The van der Waals surface area contributed by atoms with Crippen LogP contribution in [0.1, 0.15) is 11.1 Å². The van der Waals surface area contributed by atoms with E-state index in [-0.39, 0.29) is 0 Å². The Kier molecular flexibility index (Phi) is 2.64. The predicted molar refractivity (Wildman–Crippen MR) is 51.6 cm³/mol. The second-order valence-corrected chi connectivity index (χ2v) is 2.70. The first kappa shape index (κ1) is 9.25. The van der Waals surface area contributed by atoms with Gasteiger partial charge in [-0.2, -0.15) is 0 Å². The molecular weight excluding hydrogens is 166 g/mol. The number of amides is 1. The van der Waals surface area contributed by atoms with E-state index in [1.54, 1.807) is 18.3 Å². The number of anilines is 1. The third kappa shape index (κ3) is 2.59. The fourth-order valence-corrected chi connectivity index (χ4v) is 0.935. The lowest BCUT2D eigenvalue weighted by atomic mass is 10.1. The highest BCUT2D eigenvalue weighted by Crippen LogP contribution is 2.10. The van der Waals surface area contributed by atoms with Crippen molar-refractivity contribution in [2.75, 3.05) is 5.73 Å². The molecule has 4 heteroatoms. The van der Waals surface area contributed by atoms with Gasteiger partial charge in [0.1, 0.15) is 5.82 Å². The van der Waals surface area contributed by atoms with Crippen LogP contribution >= 0.6 is 0 Å². The van der Waals surface area contributed by atoms with Crippen molar-refractivity contribution >= 4 is 17.8 Å². The number of nitrogens with two attached hydrogens (primary N) is 2. The van der Waals surface area contributed by atoms with Gasteiger partial charge in [0, 0.05) is 12.3 Å². The molecule has 0 saturated heterocycles.